The smallest absolute Gasteiger partial charge is 0.303 e. The zero-order chi connectivity index (χ0) is 34.3. The number of nitroso groups, excluding NO2 is 1. The van der Waals surface area contributed by atoms with Gasteiger partial charge in [0.15, 0.2) is 6.79 Å². The maximum Gasteiger partial charge on any atom is 0.471 e. The van der Waals surface area contributed by atoms with Crippen LogP contribution in [0.3, 0.4) is 0 Å². The van der Waals surface area contributed by atoms with Crippen molar-refractivity contribution in [2.24, 2.45) is 28.8 Å². The van der Waals surface area contributed by atoms with Crippen LogP contribution < -0.4 is 5.48 Å². The van der Waals surface area contributed by atoms with Gasteiger partial charge in [-0.05, 0) is 65.5 Å². The molecule has 14 nitrogen and oxygen atoms in total. The summed E-state index contributed by atoms with van der Waals surface area (Å²) in [7, 11) is -12.6. The van der Waals surface area contributed by atoms with Crippen LogP contribution in [0.1, 0.15) is 46.1 Å². The molecular weight excluding hydrogens is 671 g/mol. The Balaban J connectivity index is 1.63. The van der Waals surface area contributed by atoms with Gasteiger partial charge < -0.3 is 9.79 Å². The quantitative estimate of drug-likeness (QED) is 0.0586. The third-order valence-corrected chi connectivity index (χ3v) is 12.8. The SMILES string of the molecule is CC1CC(C)CN(S(=O)(=O)Cc2ccc3c(N=O)c4ccc(S(=O)(=O)N5CC(C)CC(C)C5)cc4c(NOCOP(=O)(O)O)c3c2)C1. The Morgan fingerprint density at radius 1 is 0.830 bits per heavy atom. The molecule has 2 aliphatic heterocycles. The lowest BCUT2D eigenvalue weighted by molar-refractivity contribution is 0.0273. The van der Waals surface area contributed by atoms with E-state index < -0.39 is 34.7 Å². The van der Waals surface area contributed by atoms with E-state index in [4.69, 9.17) is 14.6 Å². The average molecular weight is 713 g/mol. The minimum Gasteiger partial charge on any atom is -0.303 e. The van der Waals surface area contributed by atoms with Crippen LogP contribution in [0.5, 0.6) is 0 Å². The normalized spacial score (nSPS) is 23.7. The van der Waals surface area contributed by atoms with E-state index in [1.807, 2.05) is 27.7 Å². The topological polar surface area (TPSA) is 192 Å². The summed E-state index contributed by atoms with van der Waals surface area (Å²) in [6.07, 6.45) is 1.84. The van der Waals surface area contributed by atoms with Crippen LogP contribution >= 0.6 is 7.82 Å². The second-order valence-electron chi connectivity index (χ2n) is 13.2. The fourth-order valence-electron chi connectivity index (χ4n) is 6.97. The Labute approximate surface area is 274 Å². The zero-order valence-corrected chi connectivity index (χ0v) is 29.2. The number of fused-ring (bicyclic) bond motifs is 2. The van der Waals surface area contributed by atoms with Crippen LogP contribution in [-0.4, -0.2) is 68.2 Å². The Bertz CT molecular complexity index is 1920. The highest BCUT2D eigenvalue weighted by Crippen LogP contribution is 2.44. The number of nitrogens with one attached hydrogen (secondary N) is 1. The van der Waals surface area contributed by atoms with E-state index in [0.29, 0.717) is 37.1 Å². The van der Waals surface area contributed by atoms with Gasteiger partial charge >= 0.3 is 7.82 Å². The average Bonchev–Trinajstić information content (AvgIpc) is 2.97. The highest BCUT2D eigenvalue weighted by Gasteiger charge is 2.33. The molecule has 2 fully saturated rings. The Hall–Kier alpha value is -2.53. The van der Waals surface area contributed by atoms with Crippen LogP contribution in [0.4, 0.5) is 11.4 Å². The Morgan fingerprint density at radius 2 is 1.36 bits per heavy atom. The number of benzene rings is 3. The standard InChI is InChI=1S/C30H41N4O10PS2/c1-19-9-20(2)14-33(13-19)46(39,40)17-23-5-7-25-27(11-23)30(32-43-18-44-45(36,37)38)28-12-24(6-8-26(28)29(25)31-35)47(41,42)34-15-21(3)10-22(4)16-34/h5-8,11-12,19-22,32H,9-10,13-18H2,1-4H3,(H2,36,37,38). The Morgan fingerprint density at radius 3 is 1.91 bits per heavy atom. The van der Waals surface area contributed by atoms with Gasteiger partial charge in [-0.1, -0.05) is 45.9 Å². The van der Waals surface area contributed by atoms with Crippen molar-refractivity contribution >= 4 is 60.8 Å². The van der Waals surface area contributed by atoms with E-state index in [0.717, 1.165) is 12.8 Å². The molecule has 5 rings (SSSR count). The number of phosphoric ester groups is 1. The molecular formula is C30H41N4O10PS2. The first-order chi connectivity index (χ1) is 22.0. The number of hydrogen-bond acceptors (Lipinski definition) is 10. The minimum absolute atomic E-state index is 0.00395. The summed E-state index contributed by atoms with van der Waals surface area (Å²) < 4.78 is 73.3. The number of piperidine rings is 2. The fraction of sp³-hybridized carbons (Fsp3) is 0.533. The molecule has 0 amide bonds. The molecule has 0 aromatic heterocycles. The van der Waals surface area contributed by atoms with E-state index in [1.165, 1.54) is 26.8 Å². The van der Waals surface area contributed by atoms with Gasteiger partial charge in [0.25, 0.3) is 0 Å². The molecule has 47 heavy (non-hydrogen) atoms. The third kappa shape index (κ3) is 8.03. The van der Waals surface area contributed by atoms with Gasteiger partial charge in [-0.15, -0.1) is 4.91 Å². The first-order valence-electron chi connectivity index (χ1n) is 15.4. The predicted molar refractivity (Wildman–Crippen MR) is 178 cm³/mol. The van der Waals surface area contributed by atoms with E-state index in [-0.39, 0.29) is 61.9 Å². The minimum atomic E-state index is -4.88. The van der Waals surface area contributed by atoms with Crippen LogP contribution in [0.25, 0.3) is 21.5 Å². The van der Waals surface area contributed by atoms with Crippen molar-refractivity contribution in [3.05, 3.63) is 46.9 Å². The van der Waals surface area contributed by atoms with Crippen molar-refractivity contribution in [3.63, 3.8) is 0 Å². The van der Waals surface area contributed by atoms with E-state index in [1.54, 1.807) is 18.2 Å². The second-order valence-corrected chi connectivity index (χ2v) is 18.3. The lowest BCUT2D eigenvalue weighted by atomic mass is 9.93. The van der Waals surface area contributed by atoms with Crippen molar-refractivity contribution < 1.29 is 40.5 Å². The molecule has 2 saturated heterocycles. The molecule has 258 valence electrons. The van der Waals surface area contributed by atoms with Gasteiger partial charge in [0.2, 0.25) is 20.0 Å². The van der Waals surface area contributed by atoms with Gasteiger partial charge in [-0.25, -0.2) is 30.5 Å². The lowest BCUT2D eigenvalue weighted by Crippen LogP contribution is -2.43. The highest BCUT2D eigenvalue weighted by atomic mass is 32.2. The zero-order valence-electron chi connectivity index (χ0n) is 26.7. The maximum absolute atomic E-state index is 13.8. The van der Waals surface area contributed by atoms with Gasteiger partial charge in [0.1, 0.15) is 5.69 Å². The molecule has 0 radical (unpaired) electrons. The molecule has 0 aliphatic carbocycles. The molecule has 3 N–H and O–H groups in total. The molecule has 0 spiro atoms. The van der Waals surface area contributed by atoms with Crippen LogP contribution in [0.2, 0.25) is 0 Å². The number of phosphoric acid groups is 1. The van der Waals surface area contributed by atoms with Crippen molar-refractivity contribution in [1.29, 1.82) is 0 Å². The largest absolute Gasteiger partial charge is 0.471 e. The lowest BCUT2D eigenvalue weighted by Gasteiger charge is -2.34. The molecule has 0 bridgehead atoms. The Kier molecular flexibility index (Phi) is 10.5. The molecule has 3 aromatic carbocycles. The van der Waals surface area contributed by atoms with Crippen molar-refractivity contribution in [3.8, 4) is 0 Å². The molecule has 17 heteroatoms. The van der Waals surface area contributed by atoms with Crippen molar-refractivity contribution in [2.45, 2.75) is 51.2 Å². The van der Waals surface area contributed by atoms with Gasteiger partial charge in [0.05, 0.1) is 16.3 Å². The first-order valence-corrected chi connectivity index (χ1v) is 20.0. The summed E-state index contributed by atoms with van der Waals surface area (Å²) in [5.74, 6) is 0.417. The molecule has 0 saturated carbocycles. The molecule has 3 aromatic rings. The second kappa shape index (κ2) is 13.8. The summed E-state index contributed by atoms with van der Waals surface area (Å²) in [6.45, 7) is 8.67. The first kappa shape index (κ1) is 35.8. The van der Waals surface area contributed by atoms with E-state index in [2.05, 4.69) is 15.2 Å². The number of anilines is 1. The molecule has 4 unspecified atom stereocenters. The summed E-state index contributed by atoms with van der Waals surface area (Å²) in [5.41, 5.74) is 3.15. The van der Waals surface area contributed by atoms with Gasteiger partial charge in [-0.3, -0.25) is 10.0 Å². The van der Waals surface area contributed by atoms with E-state index >= 15 is 0 Å². The van der Waals surface area contributed by atoms with E-state index in [9.17, 15) is 26.3 Å². The molecule has 4 atom stereocenters. The highest BCUT2D eigenvalue weighted by molar-refractivity contribution is 7.89. The van der Waals surface area contributed by atoms with Gasteiger partial charge in [0, 0.05) is 47.7 Å². The monoisotopic (exact) mass is 712 g/mol. The number of nitrogens with zero attached hydrogens (tertiary/aromatic N) is 3. The number of sulfonamides is 2. The summed E-state index contributed by atoms with van der Waals surface area (Å²) in [4.78, 5) is 35.7. The summed E-state index contributed by atoms with van der Waals surface area (Å²) in [5, 5.41) is 4.36. The van der Waals surface area contributed by atoms with Crippen LogP contribution in [0, 0.1) is 28.6 Å². The number of rotatable bonds is 11. The number of hydrogen-bond donors (Lipinski definition) is 3. The van der Waals surface area contributed by atoms with Gasteiger partial charge in [-0.2, -0.15) is 4.31 Å². The predicted octanol–water partition coefficient (Wildman–Crippen LogP) is 5.28. The van der Waals surface area contributed by atoms with Crippen molar-refractivity contribution in [1.82, 2.24) is 8.61 Å². The van der Waals surface area contributed by atoms with Crippen molar-refractivity contribution in [2.75, 3.05) is 38.5 Å². The summed E-state index contributed by atoms with van der Waals surface area (Å²) >= 11 is 0. The van der Waals surface area contributed by atoms with Crippen LogP contribution in [-0.2, 0) is 39.7 Å². The summed E-state index contributed by atoms with van der Waals surface area (Å²) in [6, 6.07) is 8.99. The maximum atomic E-state index is 13.8. The van der Waals surface area contributed by atoms with Crippen LogP contribution in [0.15, 0.2) is 46.5 Å². The molecule has 2 heterocycles. The molecule has 2 aliphatic rings. The third-order valence-electron chi connectivity index (χ3n) is 8.72. The fourth-order valence-corrected chi connectivity index (χ4v) is 10.6.